The van der Waals surface area contributed by atoms with Crippen molar-refractivity contribution in [2.45, 2.75) is 0 Å². The molecule has 0 saturated carbocycles. The average Bonchev–Trinajstić information content (AvgIpc) is 2.13. The molecule has 0 saturated heterocycles. The summed E-state index contributed by atoms with van der Waals surface area (Å²) in [5.41, 5.74) is 0.204. The van der Waals surface area contributed by atoms with Gasteiger partial charge in [0.2, 0.25) is 0 Å². The van der Waals surface area contributed by atoms with Gasteiger partial charge in [-0.2, -0.15) is 0 Å². The van der Waals surface area contributed by atoms with Crippen LogP contribution in [0.4, 0.5) is 5.69 Å². The van der Waals surface area contributed by atoms with Crippen LogP contribution >= 0.6 is 15.9 Å². The summed E-state index contributed by atoms with van der Waals surface area (Å²) in [5, 5.41) is 10.1. The molecule has 0 fully saturated rings. The van der Waals surface area contributed by atoms with E-state index in [2.05, 4.69) is 15.9 Å². The number of nitrogens with zero attached hydrogens (tertiary/aromatic N) is 1. The zero-order valence-electron chi connectivity index (χ0n) is 4.20. The molecular weight excluding hydrogens is 253 g/mol. The van der Waals surface area contributed by atoms with Gasteiger partial charge in [-0.25, -0.2) is 0 Å². The van der Waals surface area contributed by atoms with Gasteiger partial charge in [0.25, 0.3) is 0 Å². The number of halogens is 1. The second-order valence-electron chi connectivity index (χ2n) is 1.34. The van der Waals surface area contributed by atoms with Crippen LogP contribution in [0.15, 0.2) is 14.4 Å². The Balaban J connectivity index is 3.08. The molecule has 1 aromatic heterocycles. The Labute approximate surface area is 65.7 Å². The van der Waals surface area contributed by atoms with Gasteiger partial charge in [0.15, 0.2) is 0 Å². The van der Waals surface area contributed by atoms with E-state index >= 15 is 0 Å². The zero-order chi connectivity index (χ0) is 6.85. The van der Waals surface area contributed by atoms with Crippen LogP contribution in [0, 0.1) is 10.1 Å². The van der Waals surface area contributed by atoms with Crippen molar-refractivity contribution < 1.29 is 4.92 Å². The minimum atomic E-state index is -0.380. The SMILES string of the molecule is O=[N+]([O-])c1cc[se]c1Br. The van der Waals surface area contributed by atoms with Gasteiger partial charge in [0.1, 0.15) is 0 Å². The fourth-order valence-corrected chi connectivity index (χ4v) is 2.47. The predicted octanol–water partition coefficient (Wildman–Crippen LogP) is 1.41. The third-order valence-corrected chi connectivity index (χ3v) is 3.62. The van der Waals surface area contributed by atoms with E-state index in [4.69, 9.17) is 0 Å². The summed E-state index contributed by atoms with van der Waals surface area (Å²) in [4.78, 5) is 11.5. The van der Waals surface area contributed by atoms with E-state index in [0.29, 0.717) is 0 Å². The van der Waals surface area contributed by atoms with E-state index in [1.807, 2.05) is 4.94 Å². The molecule has 0 spiro atoms. The number of hydrogen-bond donors (Lipinski definition) is 0. The topological polar surface area (TPSA) is 43.1 Å². The second kappa shape index (κ2) is 2.64. The summed E-state index contributed by atoms with van der Waals surface area (Å²) >= 11 is 3.26. The van der Waals surface area contributed by atoms with Crippen molar-refractivity contribution in [1.82, 2.24) is 0 Å². The molecule has 48 valence electrons. The van der Waals surface area contributed by atoms with Crippen molar-refractivity contribution in [1.29, 1.82) is 0 Å². The molecule has 0 atom stereocenters. The van der Waals surface area contributed by atoms with Crippen LogP contribution in [-0.4, -0.2) is 19.4 Å². The average molecular weight is 255 g/mol. The van der Waals surface area contributed by atoms with Gasteiger partial charge >= 0.3 is 65.5 Å². The summed E-state index contributed by atoms with van der Waals surface area (Å²) in [6.07, 6.45) is 0. The van der Waals surface area contributed by atoms with E-state index in [1.54, 1.807) is 0 Å². The Morgan fingerprint density at radius 1 is 1.78 bits per heavy atom. The molecule has 0 aliphatic carbocycles. The molecule has 0 unspecified atom stereocenters. The first-order valence-corrected chi connectivity index (χ1v) is 4.73. The molecule has 0 aliphatic heterocycles. The number of nitro groups is 1. The summed E-state index contributed by atoms with van der Waals surface area (Å²) in [6.45, 7) is 0. The van der Waals surface area contributed by atoms with Crippen LogP contribution in [0.25, 0.3) is 0 Å². The zero-order valence-corrected chi connectivity index (χ0v) is 7.50. The summed E-state index contributed by atoms with van der Waals surface area (Å²) < 4.78 is 0.722. The fourth-order valence-electron chi connectivity index (χ4n) is 0.417. The molecule has 1 rings (SSSR count). The molecule has 1 aromatic rings. The first kappa shape index (κ1) is 6.99. The quantitative estimate of drug-likeness (QED) is 0.432. The molecule has 0 N–H and O–H groups in total. The molecular formula is C4H2BrNO2Se. The summed E-state index contributed by atoms with van der Waals surface area (Å²) in [6, 6.07) is 1.53. The van der Waals surface area contributed by atoms with Gasteiger partial charge in [-0.15, -0.1) is 0 Å². The third-order valence-electron chi connectivity index (χ3n) is 0.795. The van der Waals surface area contributed by atoms with E-state index in [0.717, 1.165) is 3.35 Å². The molecule has 1 heterocycles. The molecule has 0 bridgehead atoms. The van der Waals surface area contributed by atoms with E-state index in [9.17, 15) is 10.1 Å². The monoisotopic (exact) mass is 255 g/mol. The van der Waals surface area contributed by atoms with E-state index < -0.39 is 0 Å². The number of rotatable bonds is 1. The van der Waals surface area contributed by atoms with Crippen molar-refractivity contribution in [2.75, 3.05) is 0 Å². The van der Waals surface area contributed by atoms with Crippen LogP contribution in [0.5, 0.6) is 0 Å². The third kappa shape index (κ3) is 1.41. The Kier molecular flexibility index (Phi) is 2.05. The number of hydrogen-bond acceptors (Lipinski definition) is 2. The normalized spacial score (nSPS) is 9.44. The molecule has 0 aromatic carbocycles. The van der Waals surface area contributed by atoms with Crippen LogP contribution in [0.2, 0.25) is 0 Å². The molecule has 5 heteroatoms. The second-order valence-corrected chi connectivity index (χ2v) is 5.23. The maximum atomic E-state index is 10.1. The van der Waals surface area contributed by atoms with E-state index in [1.165, 1.54) is 6.07 Å². The van der Waals surface area contributed by atoms with Crippen molar-refractivity contribution in [3.8, 4) is 0 Å². The molecule has 9 heavy (non-hydrogen) atoms. The first-order valence-electron chi connectivity index (χ1n) is 2.09. The maximum absolute atomic E-state index is 10.1. The standard InChI is InChI=1S/C4H2BrNO2Se/c5-4-3(6(7)8)1-2-9-4/h1-2H. The predicted molar refractivity (Wildman–Crippen MR) is 37.7 cm³/mol. The summed E-state index contributed by atoms with van der Waals surface area (Å²) in [7, 11) is 0. The van der Waals surface area contributed by atoms with Crippen LogP contribution in [0.1, 0.15) is 0 Å². The molecule has 3 nitrogen and oxygen atoms in total. The van der Waals surface area contributed by atoms with Crippen molar-refractivity contribution in [2.24, 2.45) is 0 Å². The van der Waals surface area contributed by atoms with Crippen molar-refractivity contribution in [3.63, 3.8) is 0 Å². The summed E-state index contributed by atoms with van der Waals surface area (Å²) in [5.74, 6) is 0. The van der Waals surface area contributed by atoms with E-state index in [-0.39, 0.29) is 25.1 Å². The minimum absolute atomic E-state index is 0.155. The van der Waals surface area contributed by atoms with Crippen molar-refractivity contribution >= 4 is 36.1 Å². The van der Waals surface area contributed by atoms with Gasteiger partial charge < -0.3 is 0 Å². The van der Waals surface area contributed by atoms with Crippen LogP contribution < -0.4 is 0 Å². The molecule has 0 aliphatic rings. The van der Waals surface area contributed by atoms with Gasteiger partial charge in [0.05, 0.1) is 0 Å². The molecule has 0 amide bonds. The first-order chi connectivity index (χ1) is 4.22. The Bertz CT molecular complexity index is 234. The van der Waals surface area contributed by atoms with Gasteiger partial charge in [-0.05, 0) is 0 Å². The van der Waals surface area contributed by atoms with Crippen LogP contribution in [0.3, 0.4) is 0 Å². The Morgan fingerprint density at radius 3 is 2.67 bits per heavy atom. The van der Waals surface area contributed by atoms with Gasteiger partial charge in [-0.1, -0.05) is 0 Å². The van der Waals surface area contributed by atoms with Crippen molar-refractivity contribution in [3.05, 3.63) is 24.5 Å². The van der Waals surface area contributed by atoms with Gasteiger partial charge in [-0.3, -0.25) is 0 Å². The molecule has 0 radical (unpaired) electrons. The van der Waals surface area contributed by atoms with Crippen LogP contribution in [-0.2, 0) is 0 Å². The Morgan fingerprint density at radius 2 is 2.44 bits per heavy atom. The fraction of sp³-hybridized carbons (Fsp3) is 0. The Hall–Kier alpha value is -0.121. The van der Waals surface area contributed by atoms with Gasteiger partial charge in [0, 0.05) is 0 Å².